The van der Waals surface area contributed by atoms with Crippen molar-refractivity contribution in [3.63, 3.8) is 0 Å². The summed E-state index contributed by atoms with van der Waals surface area (Å²) < 4.78 is 5.47. The molecule has 0 spiro atoms. The molecule has 0 N–H and O–H groups in total. The molecule has 0 heterocycles. The summed E-state index contributed by atoms with van der Waals surface area (Å²) in [4.78, 5) is 21.9. The molecule has 0 aromatic heterocycles. The first-order valence-corrected chi connectivity index (χ1v) is 6.69. The smallest absolute Gasteiger partial charge is 0.302 e. The zero-order valence-corrected chi connectivity index (χ0v) is 10.8. The van der Waals surface area contributed by atoms with Crippen LogP contribution in [0.1, 0.15) is 52.4 Å². The van der Waals surface area contributed by atoms with Crippen LogP contribution in [0.4, 0.5) is 0 Å². The molecule has 2 rings (SSSR count). The molecule has 0 aromatic carbocycles. The van der Waals surface area contributed by atoms with Crippen molar-refractivity contribution < 1.29 is 14.3 Å². The lowest BCUT2D eigenvalue weighted by Crippen LogP contribution is -2.41. The van der Waals surface area contributed by atoms with Gasteiger partial charge in [-0.25, -0.2) is 0 Å². The maximum atomic E-state index is 11.1. The molecular weight excluding hydrogens is 216 g/mol. The van der Waals surface area contributed by atoms with E-state index in [1.54, 1.807) is 0 Å². The molecule has 0 bridgehead atoms. The molecule has 2 aliphatic carbocycles. The minimum Gasteiger partial charge on any atom is -0.462 e. The Balaban J connectivity index is 2.12. The van der Waals surface area contributed by atoms with E-state index in [2.05, 4.69) is 6.92 Å². The summed E-state index contributed by atoms with van der Waals surface area (Å²) in [6.45, 7) is 3.78. The lowest BCUT2D eigenvalue weighted by molar-refractivity contribution is -0.155. The third kappa shape index (κ3) is 2.24. The van der Waals surface area contributed by atoms with Crippen molar-refractivity contribution in [1.82, 2.24) is 0 Å². The number of carbonyl (C=O) groups is 2. The first kappa shape index (κ1) is 12.6. The molecule has 2 aliphatic rings. The second kappa shape index (κ2) is 4.79. The van der Waals surface area contributed by atoms with E-state index in [0.717, 1.165) is 32.0 Å². The Labute approximate surface area is 103 Å². The van der Waals surface area contributed by atoms with Crippen LogP contribution >= 0.6 is 0 Å². The maximum Gasteiger partial charge on any atom is 0.302 e. The predicted molar refractivity (Wildman–Crippen MR) is 64.4 cm³/mol. The molecule has 96 valence electrons. The number of hydrogen-bond acceptors (Lipinski definition) is 3. The van der Waals surface area contributed by atoms with Gasteiger partial charge >= 0.3 is 5.97 Å². The number of fused-ring (bicyclic) bond motifs is 1. The number of rotatable bonds is 3. The van der Waals surface area contributed by atoms with Gasteiger partial charge in [-0.1, -0.05) is 6.92 Å². The van der Waals surface area contributed by atoms with Crippen LogP contribution < -0.4 is 0 Å². The van der Waals surface area contributed by atoms with Crippen molar-refractivity contribution in [2.24, 2.45) is 17.3 Å². The van der Waals surface area contributed by atoms with E-state index in [1.165, 1.54) is 13.3 Å². The van der Waals surface area contributed by atoms with E-state index in [0.29, 0.717) is 18.3 Å². The molecule has 2 saturated carbocycles. The van der Waals surface area contributed by atoms with Gasteiger partial charge < -0.3 is 9.53 Å². The zero-order valence-electron chi connectivity index (χ0n) is 10.8. The molecule has 0 amide bonds. The van der Waals surface area contributed by atoms with Crippen molar-refractivity contribution in [2.75, 3.05) is 0 Å². The Kier molecular flexibility index (Phi) is 3.55. The standard InChI is InChI=1S/C14H22O3/c1-10(16)17-13-4-3-8-14(2)11(7-9-15)5-6-12(13)14/h9,11-13H,3-8H2,1-2H3/t11?,12?,13-,14?/m0/s1. The number of esters is 1. The fourth-order valence-electron chi connectivity index (χ4n) is 4.09. The summed E-state index contributed by atoms with van der Waals surface area (Å²) >= 11 is 0. The van der Waals surface area contributed by atoms with Gasteiger partial charge in [0.2, 0.25) is 0 Å². The number of aldehydes is 1. The van der Waals surface area contributed by atoms with Gasteiger partial charge in [0.25, 0.3) is 0 Å². The molecule has 3 unspecified atom stereocenters. The predicted octanol–water partition coefficient (Wildman–Crippen LogP) is 2.72. The van der Waals surface area contributed by atoms with Crippen molar-refractivity contribution in [3.05, 3.63) is 0 Å². The molecule has 3 nitrogen and oxygen atoms in total. The topological polar surface area (TPSA) is 43.4 Å². The molecule has 4 atom stereocenters. The maximum absolute atomic E-state index is 11.1. The van der Waals surface area contributed by atoms with Crippen LogP contribution in [0, 0.1) is 17.3 Å². The van der Waals surface area contributed by atoms with Gasteiger partial charge in [0.1, 0.15) is 12.4 Å². The van der Waals surface area contributed by atoms with Crippen LogP contribution in [0.5, 0.6) is 0 Å². The van der Waals surface area contributed by atoms with Crippen LogP contribution in [-0.2, 0) is 14.3 Å². The van der Waals surface area contributed by atoms with E-state index in [9.17, 15) is 9.59 Å². The van der Waals surface area contributed by atoms with E-state index in [1.807, 2.05) is 0 Å². The highest BCUT2D eigenvalue weighted by atomic mass is 16.5. The van der Waals surface area contributed by atoms with Crippen molar-refractivity contribution in [2.45, 2.75) is 58.5 Å². The van der Waals surface area contributed by atoms with Crippen LogP contribution in [0.15, 0.2) is 0 Å². The van der Waals surface area contributed by atoms with E-state index in [4.69, 9.17) is 4.74 Å². The van der Waals surface area contributed by atoms with Crippen molar-refractivity contribution >= 4 is 12.3 Å². The highest BCUT2D eigenvalue weighted by Crippen LogP contribution is 2.56. The Bertz CT molecular complexity index is 313. The van der Waals surface area contributed by atoms with Crippen LogP contribution in [0.2, 0.25) is 0 Å². The van der Waals surface area contributed by atoms with Crippen LogP contribution in [-0.4, -0.2) is 18.4 Å². The minimum atomic E-state index is -0.168. The van der Waals surface area contributed by atoms with Gasteiger partial charge in [0.05, 0.1) is 0 Å². The summed E-state index contributed by atoms with van der Waals surface area (Å²) in [6.07, 6.45) is 7.29. The summed E-state index contributed by atoms with van der Waals surface area (Å²) in [5.41, 5.74) is 0.208. The molecular formula is C14H22O3. The normalized spacial score (nSPS) is 40.7. The first-order chi connectivity index (χ1) is 8.08. The number of ether oxygens (including phenoxy) is 1. The molecule has 3 heteroatoms. The van der Waals surface area contributed by atoms with Gasteiger partial charge in [-0.15, -0.1) is 0 Å². The van der Waals surface area contributed by atoms with Crippen LogP contribution in [0.25, 0.3) is 0 Å². The molecule has 2 fully saturated rings. The lowest BCUT2D eigenvalue weighted by Gasteiger charge is -2.44. The Hall–Kier alpha value is -0.860. The lowest BCUT2D eigenvalue weighted by atomic mass is 9.64. The van der Waals surface area contributed by atoms with Gasteiger partial charge in [0, 0.05) is 19.3 Å². The fourth-order valence-corrected chi connectivity index (χ4v) is 4.09. The summed E-state index contributed by atoms with van der Waals surface area (Å²) in [5.74, 6) is 0.784. The van der Waals surface area contributed by atoms with E-state index < -0.39 is 0 Å². The SMILES string of the molecule is CC(=O)O[C@H]1CCCC2(C)C(CC=O)CCC12. The Morgan fingerprint density at radius 1 is 1.41 bits per heavy atom. The molecule has 0 aliphatic heterocycles. The highest BCUT2D eigenvalue weighted by Gasteiger charge is 2.51. The van der Waals surface area contributed by atoms with E-state index >= 15 is 0 Å². The third-order valence-electron chi connectivity index (χ3n) is 4.96. The fraction of sp³-hybridized carbons (Fsp3) is 0.857. The Morgan fingerprint density at radius 3 is 2.82 bits per heavy atom. The van der Waals surface area contributed by atoms with Gasteiger partial charge in [-0.05, 0) is 43.4 Å². The quantitative estimate of drug-likeness (QED) is 0.561. The Morgan fingerprint density at radius 2 is 2.18 bits per heavy atom. The van der Waals surface area contributed by atoms with Crippen LogP contribution in [0.3, 0.4) is 0 Å². The molecule has 0 saturated heterocycles. The second-order valence-electron chi connectivity index (χ2n) is 5.83. The number of hydrogen-bond donors (Lipinski definition) is 0. The average Bonchev–Trinajstić information content (AvgIpc) is 2.57. The second-order valence-corrected chi connectivity index (χ2v) is 5.83. The summed E-state index contributed by atoms with van der Waals surface area (Å²) in [7, 11) is 0. The third-order valence-corrected chi connectivity index (χ3v) is 4.96. The molecule has 17 heavy (non-hydrogen) atoms. The largest absolute Gasteiger partial charge is 0.462 e. The zero-order chi connectivity index (χ0) is 12.5. The average molecular weight is 238 g/mol. The van der Waals surface area contributed by atoms with Gasteiger partial charge in [-0.3, -0.25) is 4.79 Å². The van der Waals surface area contributed by atoms with Gasteiger partial charge in [-0.2, -0.15) is 0 Å². The summed E-state index contributed by atoms with van der Waals surface area (Å²) in [5, 5.41) is 0. The summed E-state index contributed by atoms with van der Waals surface area (Å²) in [6, 6.07) is 0. The van der Waals surface area contributed by atoms with Gasteiger partial charge in [0.15, 0.2) is 0 Å². The highest BCUT2D eigenvalue weighted by molar-refractivity contribution is 5.66. The first-order valence-electron chi connectivity index (χ1n) is 6.69. The van der Waals surface area contributed by atoms with E-state index in [-0.39, 0.29) is 17.5 Å². The van der Waals surface area contributed by atoms with Crippen molar-refractivity contribution in [3.8, 4) is 0 Å². The minimum absolute atomic E-state index is 0.0860. The molecule has 0 aromatic rings. The van der Waals surface area contributed by atoms with Crippen molar-refractivity contribution in [1.29, 1.82) is 0 Å². The molecule has 0 radical (unpaired) electrons. The monoisotopic (exact) mass is 238 g/mol. The number of carbonyl (C=O) groups excluding carboxylic acids is 2.